The van der Waals surface area contributed by atoms with E-state index in [1.165, 1.54) is 109 Å². The number of aliphatic carboxylic acids is 3. The quantitative estimate of drug-likeness (QED) is 0.0555. The van der Waals surface area contributed by atoms with Crippen molar-refractivity contribution < 1.29 is 34.2 Å². The van der Waals surface area contributed by atoms with E-state index in [0.717, 1.165) is 12.8 Å². The Labute approximate surface area is 225 Å². The van der Waals surface area contributed by atoms with Gasteiger partial charge in [0.25, 0.3) is 0 Å². The number of quaternary nitrogens is 1. The summed E-state index contributed by atoms with van der Waals surface area (Å²) in [5.41, 5.74) is 0. The Hall–Kier alpha value is -1.89. The standard InChI is InChI=1S/C30H55NO6/c1-2-3-4-5-6-7-8-9-10-11-12-13-14-15-16-17-18-19-20-21-22-23-24-31(25-28(32)33,26-29(34)35)27-30(36)37/h21-22H,2-20,23-27H2,1H3,(H2-,32,33,34,35,36,37)/p+1/b22-21+. The van der Waals surface area contributed by atoms with Gasteiger partial charge in [0.2, 0.25) is 0 Å². The van der Waals surface area contributed by atoms with Gasteiger partial charge in [-0.05, 0) is 12.8 Å². The molecule has 0 bridgehead atoms. The molecule has 0 atom stereocenters. The van der Waals surface area contributed by atoms with Crippen LogP contribution in [0.3, 0.4) is 0 Å². The van der Waals surface area contributed by atoms with Gasteiger partial charge in [-0.25, -0.2) is 14.4 Å². The summed E-state index contributed by atoms with van der Waals surface area (Å²) in [4.78, 5) is 33.5. The van der Waals surface area contributed by atoms with Gasteiger partial charge in [-0.1, -0.05) is 128 Å². The number of rotatable bonds is 28. The van der Waals surface area contributed by atoms with Crippen LogP contribution in [0.15, 0.2) is 12.2 Å². The van der Waals surface area contributed by atoms with Gasteiger partial charge < -0.3 is 15.3 Å². The minimum Gasteiger partial charge on any atom is -0.477 e. The zero-order chi connectivity index (χ0) is 27.6. The summed E-state index contributed by atoms with van der Waals surface area (Å²) >= 11 is 0. The molecule has 0 aliphatic heterocycles. The smallest absolute Gasteiger partial charge is 0.359 e. The van der Waals surface area contributed by atoms with Gasteiger partial charge in [-0.3, -0.25) is 4.48 Å². The van der Waals surface area contributed by atoms with Crippen LogP contribution < -0.4 is 0 Å². The van der Waals surface area contributed by atoms with E-state index in [1.54, 1.807) is 0 Å². The van der Waals surface area contributed by atoms with Crippen molar-refractivity contribution in [3.63, 3.8) is 0 Å². The monoisotopic (exact) mass is 526 g/mol. The lowest BCUT2D eigenvalue weighted by atomic mass is 10.0. The van der Waals surface area contributed by atoms with Gasteiger partial charge in [-0.15, -0.1) is 0 Å². The van der Waals surface area contributed by atoms with Crippen molar-refractivity contribution >= 4 is 17.9 Å². The third-order valence-electron chi connectivity index (χ3n) is 7.07. The van der Waals surface area contributed by atoms with Crippen molar-refractivity contribution in [2.75, 3.05) is 26.2 Å². The van der Waals surface area contributed by atoms with Gasteiger partial charge >= 0.3 is 17.9 Å². The van der Waals surface area contributed by atoms with Crippen LogP contribution in [0.25, 0.3) is 0 Å². The summed E-state index contributed by atoms with van der Waals surface area (Å²) in [6.45, 7) is 0.926. The molecule has 0 aromatic carbocycles. The fourth-order valence-corrected chi connectivity index (χ4v) is 5.01. The number of carboxylic acid groups (broad SMARTS) is 3. The molecule has 0 saturated carbocycles. The lowest BCUT2D eigenvalue weighted by molar-refractivity contribution is -0.907. The van der Waals surface area contributed by atoms with E-state index in [1.807, 2.05) is 12.2 Å². The summed E-state index contributed by atoms with van der Waals surface area (Å²) in [6.07, 6.45) is 29.7. The number of allylic oxidation sites excluding steroid dienone is 1. The van der Waals surface area contributed by atoms with Crippen LogP contribution in [0.2, 0.25) is 0 Å². The summed E-state index contributed by atoms with van der Waals surface area (Å²) < 4.78 is -0.483. The van der Waals surface area contributed by atoms with Crippen molar-refractivity contribution in [3.8, 4) is 0 Å². The van der Waals surface area contributed by atoms with Crippen LogP contribution >= 0.6 is 0 Å². The maximum atomic E-state index is 11.2. The molecule has 37 heavy (non-hydrogen) atoms. The summed E-state index contributed by atoms with van der Waals surface area (Å²) in [5.74, 6) is -3.57. The maximum Gasteiger partial charge on any atom is 0.359 e. The van der Waals surface area contributed by atoms with E-state index in [9.17, 15) is 14.4 Å². The molecule has 0 aromatic rings. The second-order valence-electron chi connectivity index (χ2n) is 10.8. The average molecular weight is 527 g/mol. The number of unbranched alkanes of at least 4 members (excludes halogenated alkanes) is 18. The third-order valence-corrected chi connectivity index (χ3v) is 7.07. The minimum atomic E-state index is -1.19. The first kappa shape index (κ1) is 35.1. The highest BCUT2D eigenvalue weighted by Gasteiger charge is 2.35. The SMILES string of the molecule is CCCCCCCCCCCCCCCCCCCC/C=C/CC[N+](CC(=O)O)(CC(=O)O)CC(=O)O. The van der Waals surface area contributed by atoms with Gasteiger partial charge in [0.15, 0.2) is 19.6 Å². The zero-order valence-corrected chi connectivity index (χ0v) is 23.6. The highest BCUT2D eigenvalue weighted by Crippen LogP contribution is 2.15. The van der Waals surface area contributed by atoms with E-state index in [-0.39, 0.29) is 6.54 Å². The maximum absolute atomic E-state index is 11.2. The Morgan fingerprint density at radius 3 is 1.11 bits per heavy atom. The first-order chi connectivity index (χ1) is 17.8. The molecule has 0 amide bonds. The van der Waals surface area contributed by atoms with E-state index >= 15 is 0 Å². The van der Waals surface area contributed by atoms with Crippen LogP contribution in [0, 0.1) is 0 Å². The second-order valence-corrected chi connectivity index (χ2v) is 10.8. The van der Waals surface area contributed by atoms with Crippen LogP contribution in [0.1, 0.15) is 135 Å². The third kappa shape index (κ3) is 24.2. The predicted molar refractivity (Wildman–Crippen MR) is 150 cm³/mol. The molecule has 216 valence electrons. The van der Waals surface area contributed by atoms with Crippen molar-refractivity contribution in [1.29, 1.82) is 0 Å². The normalized spacial score (nSPS) is 11.8. The second kappa shape index (κ2) is 24.4. The zero-order valence-electron chi connectivity index (χ0n) is 23.6. The summed E-state index contributed by atoms with van der Waals surface area (Å²) in [6, 6.07) is 0. The number of carbonyl (C=O) groups is 3. The molecule has 0 aliphatic rings. The van der Waals surface area contributed by atoms with Gasteiger partial charge in [0.1, 0.15) is 0 Å². The molecular formula is C30H56NO6+. The van der Waals surface area contributed by atoms with Gasteiger partial charge in [0.05, 0.1) is 6.54 Å². The Morgan fingerprint density at radius 1 is 0.486 bits per heavy atom. The first-order valence-electron chi connectivity index (χ1n) is 15.0. The number of hydrogen-bond donors (Lipinski definition) is 3. The molecule has 0 heterocycles. The lowest BCUT2D eigenvalue weighted by Gasteiger charge is -2.33. The molecule has 0 spiro atoms. The van der Waals surface area contributed by atoms with Crippen LogP contribution in [0.5, 0.6) is 0 Å². The Balaban J connectivity index is 3.69. The first-order valence-corrected chi connectivity index (χ1v) is 15.0. The highest BCUT2D eigenvalue weighted by molar-refractivity contribution is 5.73. The average Bonchev–Trinajstić information content (AvgIpc) is 2.81. The Bertz CT molecular complexity index is 578. The van der Waals surface area contributed by atoms with Crippen LogP contribution in [-0.4, -0.2) is 63.9 Å². The topological polar surface area (TPSA) is 112 Å². The van der Waals surface area contributed by atoms with E-state index < -0.39 is 42.0 Å². The van der Waals surface area contributed by atoms with Crippen molar-refractivity contribution in [3.05, 3.63) is 12.2 Å². The molecule has 0 radical (unpaired) electrons. The fourth-order valence-electron chi connectivity index (χ4n) is 5.01. The number of hydrogen-bond acceptors (Lipinski definition) is 3. The molecule has 0 saturated heterocycles. The lowest BCUT2D eigenvalue weighted by Crippen LogP contribution is -2.57. The Kier molecular flexibility index (Phi) is 23.2. The highest BCUT2D eigenvalue weighted by atomic mass is 16.4. The fraction of sp³-hybridized carbons (Fsp3) is 0.833. The molecule has 0 aliphatic carbocycles. The molecule has 0 fully saturated rings. The molecule has 0 aromatic heterocycles. The number of nitrogens with zero attached hydrogens (tertiary/aromatic N) is 1. The van der Waals surface area contributed by atoms with Gasteiger partial charge in [0, 0.05) is 6.42 Å². The molecule has 0 unspecified atom stereocenters. The van der Waals surface area contributed by atoms with E-state index in [2.05, 4.69) is 6.92 Å². The molecule has 7 heteroatoms. The summed E-state index contributed by atoms with van der Waals surface area (Å²) in [5, 5.41) is 27.4. The number of carboxylic acids is 3. The molecular weight excluding hydrogens is 470 g/mol. The molecule has 0 rings (SSSR count). The van der Waals surface area contributed by atoms with E-state index in [0.29, 0.717) is 6.42 Å². The molecule has 7 nitrogen and oxygen atoms in total. The van der Waals surface area contributed by atoms with Crippen molar-refractivity contribution in [1.82, 2.24) is 0 Å². The minimum absolute atomic E-state index is 0.181. The van der Waals surface area contributed by atoms with Crippen LogP contribution in [0.4, 0.5) is 0 Å². The van der Waals surface area contributed by atoms with Crippen molar-refractivity contribution in [2.45, 2.75) is 135 Å². The Morgan fingerprint density at radius 2 is 0.784 bits per heavy atom. The summed E-state index contributed by atoms with van der Waals surface area (Å²) in [7, 11) is 0. The largest absolute Gasteiger partial charge is 0.477 e. The van der Waals surface area contributed by atoms with E-state index in [4.69, 9.17) is 15.3 Å². The van der Waals surface area contributed by atoms with Crippen LogP contribution in [-0.2, 0) is 14.4 Å². The predicted octanol–water partition coefficient (Wildman–Crippen LogP) is 7.44. The molecule has 3 N–H and O–H groups in total. The van der Waals surface area contributed by atoms with Crippen molar-refractivity contribution in [2.24, 2.45) is 0 Å². The van der Waals surface area contributed by atoms with Gasteiger partial charge in [-0.2, -0.15) is 0 Å².